The molecule has 0 atom stereocenters. The van der Waals surface area contributed by atoms with Crippen LogP contribution in [0.3, 0.4) is 0 Å². The summed E-state index contributed by atoms with van der Waals surface area (Å²) in [6.07, 6.45) is 1.55. The maximum Gasteiger partial charge on any atom is 0.354 e. The molecule has 2 rings (SSSR count). The second-order valence-electron chi connectivity index (χ2n) is 3.53. The Morgan fingerprint density at radius 1 is 1.47 bits per heavy atom. The smallest absolute Gasteiger partial charge is 0.354 e. The van der Waals surface area contributed by atoms with Crippen LogP contribution in [0.1, 0.15) is 16.2 Å². The van der Waals surface area contributed by atoms with E-state index in [1.165, 1.54) is 17.8 Å². The standard InChI is InChI=1S/C11H11N3O2S/c1-7-5-10(14(2)13-7)17-8-3-4-9(11(15)16)12-6-8/h3-6H,1-2H3,(H,15,16). The topological polar surface area (TPSA) is 68.0 Å². The summed E-state index contributed by atoms with van der Waals surface area (Å²) in [5.74, 6) is -1.02. The van der Waals surface area contributed by atoms with Gasteiger partial charge in [-0.2, -0.15) is 5.10 Å². The number of carboxylic acids is 1. The van der Waals surface area contributed by atoms with Gasteiger partial charge in [-0.1, -0.05) is 11.8 Å². The Kier molecular flexibility index (Phi) is 3.14. The highest BCUT2D eigenvalue weighted by atomic mass is 32.2. The first-order chi connectivity index (χ1) is 8.06. The normalized spacial score (nSPS) is 10.5. The lowest BCUT2D eigenvalue weighted by molar-refractivity contribution is 0.0690. The highest BCUT2D eigenvalue weighted by molar-refractivity contribution is 7.99. The van der Waals surface area contributed by atoms with Crippen molar-refractivity contribution in [2.24, 2.45) is 7.05 Å². The lowest BCUT2D eigenvalue weighted by atomic mass is 10.4. The molecular weight excluding hydrogens is 238 g/mol. The highest BCUT2D eigenvalue weighted by Gasteiger charge is 2.07. The molecule has 0 aliphatic carbocycles. The molecule has 0 aliphatic heterocycles. The van der Waals surface area contributed by atoms with Crippen molar-refractivity contribution in [3.8, 4) is 0 Å². The SMILES string of the molecule is Cc1cc(Sc2ccc(C(=O)O)nc2)n(C)n1. The van der Waals surface area contributed by atoms with E-state index in [4.69, 9.17) is 5.11 Å². The van der Waals surface area contributed by atoms with E-state index in [-0.39, 0.29) is 5.69 Å². The lowest BCUT2D eigenvalue weighted by Gasteiger charge is -2.01. The molecule has 0 spiro atoms. The number of pyridine rings is 1. The molecule has 0 bridgehead atoms. The van der Waals surface area contributed by atoms with Gasteiger partial charge in [0.1, 0.15) is 5.69 Å². The number of hydrogen-bond donors (Lipinski definition) is 1. The first kappa shape index (κ1) is 11.7. The van der Waals surface area contributed by atoms with Crippen molar-refractivity contribution in [1.29, 1.82) is 0 Å². The van der Waals surface area contributed by atoms with Crippen LogP contribution in [0.25, 0.3) is 0 Å². The minimum Gasteiger partial charge on any atom is -0.477 e. The third kappa shape index (κ3) is 2.65. The van der Waals surface area contributed by atoms with Crippen LogP contribution in [0.2, 0.25) is 0 Å². The molecule has 2 aromatic rings. The van der Waals surface area contributed by atoms with Gasteiger partial charge in [-0.05, 0) is 25.1 Å². The number of rotatable bonds is 3. The van der Waals surface area contributed by atoms with E-state index < -0.39 is 5.97 Å². The van der Waals surface area contributed by atoms with Gasteiger partial charge in [-0.3, -0.25) is 4.68 Å². The van der Waals surface area contributed by atoms with Crippen molar-refractivity contribution in [3.05, 3.63) is 35.8 Å². The zero-order valence-corrected chi connectivity index (χ0v) is 10.2. The molecule has 0 radical (unpaired) electrons. The van der Waals surface area contributed by atoms with E-state index in [9.17, 15) is 4.79 Å². The maximum absolute atomic E-state index is 10.6. The van der Waals surface area contributed by atoms with E-state index in [2.05, 4.69) is 10.1 Å². The molecule has 0 aliphatic rings. The van der Waals surface area contributed by atoms with Crippen LogP contribution in [-0.4, -0.2) is 25.8 Å². The summed E-state index contributed by atoms with van der Waals surface area (Å²) in [4.78, 5) is 15.4. The Morgan fingerprint density at radius 3 is 2.71 bits per heavy atom. The van der Waals surface area contributed by atoms with E-state index in [0.29, 0.717) is 0 Å². The van der Waals surface area contributed by atoms with Crippen LogP contribution in [0, 0.1) is 6.92 Å². The highest BCUT2D eigenvalue weighted by Crippen LogP contribution is 2.27. The van der Waals surface area contributed by atoms with E-state index >= 15 is 0 Å². The van der Waals surface area contributed by atoms with Crippen molar-refractivity contribution >= 4 is 17.7 Å². The molecule has 88 valence electrons. The maximum atomic E-state index is 10.6. The Labute approximate surface area is 102 Å². The summed E-state index contributed by atoms with van der Waals surface area (Å²) >= 11 is 1.50. The second-order valence-corrected chi connectivity index (χ2v) is 4.63. The molecule has 17 heavy (non-hydrogen) atoms. The average Bonchev–Trinajstić information content (AvgIpc) is 2.58. The molecule has 0 unspecified atom stereocenters. The van der Waals surface area contributed by atoms with Crippen molar-refractivity contribution in [3.63, 3.8) is 0 Å². The third-order valence-electron chi connectivity index (χ3n) is 2.14. The zero-order chi connectivity index (χ0) is 12.4. The second kappa shape index (κ2) is 4.58. The molecule has 0 aromatic carbocycles. The fourth-order valence-electron chi connectivity index (χ4n) is 1.37. The average molecular weight is 249 g/mol. The van der Waals surface area contributed by atoms with Crippen LogP contribution in [-0.2, 0) is 7.05 Å². The summed E-state index contributed by atoms with van der Waals surface area (Å²) in [7, 11) is 1.87. The molecule has 5 nitrogen and oxygen atoms in total. The summed E-state index contributed by atoms with van der Waals surface area (Å²) in [5, 5.41) is 14.0. The number of aromatic nitrogens is 3. The third-order valence-corrected chi connectivity index (χ3v) is 3.21. The lowest BCUT2D eigenvalue weighted by Crippen LogP contribution is -1.99. The molecule has 0 fully saturated rings. The van der Waals surface area contributed by atoms with Gasteiger partial charge in [-0.15, -0.1) is 0 Å². The quantitative estimate of drug-likeness (QED) is 0.900. The fourth-order valence-corrected chi connectivity index (χ4v) is 2.26. The van der Waals surface area contributed by atoms with Crippen LogP contribution in [0.5, 0.6) is 0 Å². The molecule has 0 amide bonds. The monoisotopic (exact) mass is 249 g/mol. The zero-order valence-electron chi connectivity index (χ0n) is 9.41. The van der Waals surface area contributed by atoms with Gasteiger partial charge in [0.2, 0.25) is 0 Å². The van der Waals surface area contributed by atoms with Gasteiger partial charge >= 0.3 is 5.97 Å². The molecule has 0 saturated carbocycles. The van der Waals surface area contributed by atoms with Gasteiger partial charge in [0.25, 0.3) is 0 Å². The van der Waals surface area contributed by atoms with Crippen LogP contribution in [0.15, 0.2) is 34.3 Å². The van der Waals surface area contributed by atoms with Crippen LogP contribution >= 0.6 is 11.8 Å². The minimum absolute atomic E-state index is 0.0514. The van der Waals surface area contributed by atoms with Gasteiger partial charge < -0.3 is 5.11 Å². The Morgan fingerprint density at radius 2 is 2.24 bits per heavy atom. The summed E-state index contributed by atoms with van der Waals surface area (Å²) < 4.78 is 1.78. The first-order valence-electron chi connectivity index (χ1n) is 4.94. The summed E-state index contributed by atoms with van der Waals surface area (Å²) in [6, 6.07) is 5.20. The van der Waals surface area contributed by atoms with Crippen molar-refractivity contribution in [2.75, 3.05) is 0 Å². The Balaban J connectivity index is 2.19. The van der Waals surface area contributed by atoms with Crippen molar-refractivity contribution < 1.29 is 9.90 Å². The Bertz CT molecular complexity index is 548. The largest absolute Gasteiger partial charge is 0.477 e. The minimum atomic E-state index is -1.02. The number of hydrogen-bond acceptors (Lipinski definition) is 4. The van der Waals surface area contributed by atoms with Crippen molar-refractivity contribution in [2.45, 2.75) is 16.8 Å². The van der Waals surface area contributed by atoms with Gasteiger partial charge in [0, 0.05) is 18.1 Å². The summed E-state index contributed by atoms with van der Waals surface area (Å²) in [5.41, 5.74) is 1.00. The van der Waals surface area contributed by atoms with E-state index in [0.717, 1.165) is 15.6 Å². The van der Waals surface area contributed by atoms with Gasteiger partial charge in [-0.25, -0.2) is 9.78 Å². The number of nitrogens with zero attached hydrogens (tertiary/aromatic N) is 3. The van der Waals surface area contributed by atoms with Crippen LogP contribution < -0.4 is 0 Å². The predicted octanol–water partition coefficient (Wildman–Crippen LogP) is 1.97. The Hall–Kier alpha value is -1.82. The molecular formula is C11H11N3O2S. The van der Waals surface area contributed by atoms with E-state index in [1.54, 1.807) is 16.9 Å². The predicted molar refractivity (Wildman–Crippen MR) is 63.3 cm³/mol. The summed E-state index contributed by atoms with van der Waals surface area (Å²) in [6.45, 7) is 1.93. The number of aryl methyl sites for hydroxylation is 2. The van der Waals surface area contributed by atoms with Gasteiger partial charge in [0.05, 0.1) is 10.7 Å². The first-order valence-corrected chi connectivity index (χ1v) is 5.76. The fraction of sp³-hybridized carbons (Fsp3) is 0.182. The van der Waals surface area contributed by atoms with Crippen LogP contribution in [0.4, 0.5) is 0 Å². The van der Waals surface area contributed by atoms with E-state index in [1.807, 2.05) is 20.0 Å². The molecule has 2 aromatic heterocycles. The number of carboxylic acid groups (broad SMARTS) is 1. The molecule has 2 heterocycles. The number of carbonyl (C=O) groups is 1. The number of aromatic carboxylic acids is 1. The van der Waals surface area contributed by atoms with Gasteiger partial charge in [0.15, 0.2) is 0 Å². The molecule has 6 heteroatoms. The van der Waals surface area contributed by atoms with Crippen molar-refractivity contribution in [1.82, 2.24) is 14.8 Å². The molecule has 0 saturated heterocycles. The molecule has 1 N–H and O–H groups in total.